The fourth-order valence-corrected chi connectivity index (χ4v) is 1.34. The molecule has 2 rings (SSSR count). The van der Waals surface area contributed by atoms with Crippen molar-refractivity contribution >= 4 is 5.69 Å². The van der Waals surface area contributed by atoms with Crippen LogP contribution in [0.25, 0.3) is 0 Å². The molecule has 84 valence electrons. The zero-order chi connectivity index (χ0) is 12.3. The Labute approximate surface area is 99.3 Å². The molecule has 0 saturated heterocycles. The number of aromatic nitrogens is 1. The standard InChI is InChI=1S/C13H11N3O/c1-9-5-6-11(7-12(9)15)17-13-4-2-3-10(8-14)16-13/h2-7H,15H2,1H3. The van der Waals surface area contributed by atoms with Crippen LogP contribution < -0.4 is 10.5 Å². The molecule has 0 aliphatic heterocycles. The molecule has 4 heteroatoms. The summed E-state index contributed by atoms with van der Waals surface area (Å²) in [6.45, 7) is 1.92. The van der Waals surface area contributed by atoms with E-state index in [0.29, 0.717) is 23.0 Å². The SMILES string of the molecule is Cc1ccc(Oc2cccc(C#N)n2)cc1N. The Hall–Kier alpha value is -2.54. The Morgan fingerprint density at radius 1 is 1.29 bits per heavy atom. The van der Waals surface area contributed by atoms with Crippen LogP contribution in [0.1, 0.15) is 11.3 Å². The molecule has 1 aromatic carbocycles. The molecule has 0 bridgehead atoms. The number of ether oxygens (including phenoxy) is 1. The molecule has 0 aliphatic carbocycles. The van der Waals surface area contributed by atoms with Gasteiger partial charge in [-0.2, -0.15) is 5.26 Å². The van der Waals surface area contributed by atoms with Crippen molar-refractivity contribution in [3.05, 3.63) is 47.7 Å². The third-order valence-corrected chi connectivity index (χ3v) is 2.31. The number of anilines is 1. The summed E-state index contributed by atoms with van der Waals surface area (Å²) in [6.07, 6.45) is 0. The maximum atomic E-state index is 8.72. The van der Waals surface area contributed by atoms with Crippen molar-refractivity contribution in [1.82, 2.24) is 4.98 Å². The molecule has 0 atom stereocenters. The van der Waals surface area contributed by atoms with Crippen molar-refractivity contribution in [3.63, 3.8) is 0 Å². The van der Waals surface area contributed by atoms with Crippen LogP contribution in [0.4, 0.5) is 5.69 Å². The largest absolute Gasteiger partial charge is 0.439 e. The zero-order valence-electron chi connectivity index (χ0n) is 9.34. The molecular formula is C13H11N3O. The number of benzene rings is 1. The number of hydrogen-bond acceptors (Lipinski definition) is 4. The Kier molecular flexibility index (Phi) is 2.93. The lowest BCUT2D eigenvalue weighted by atomic mass is 10.2. The van der Waals surface area contributed by atoms with Crippen molar-refractivity contribution in [2.75, 3.05) is 5.73 Å². The second kappa shape index (κ2) is 4.54. The molecule has 0 aliphatic rings. The lowest BCUT2D eigenvalue weighted by Gasteiger charge is -2.06. The summed E-state index contributed by atoms with van der Waals surface area (Å²) >= 11 is 0. The van der Waals surface area contributed by atoms with Gasteiger partial charge >= 0.3 is 0 Å². The third-order valence-electron chi connectivity index (χ3n) is 2.31. The van der Waals surface area contributed by atoms with Gasteiger partial charge in [-0.3, -0.25) is 0 Å². The van der Waals surface area contributed by atoms with Gasteiger partial charge in [-0.25, -0.2) is 4.98 Å². The van der Waals surface area contributed by atoms with Crippen molar-refractivity contribution in [3.8, 4) is 17.7 Å². The lowest BCUT2D eigenvalue weighted by Crippen LogP contribution is -1.93. The van der Waals surface area contributed by atoms with Gasteiger partial charge in [0.2, 0.25) is 5.88 Å². The first-order valence-electron chi connectivity index (χ1n) is 5.10. The number of nitrogens with zero attached hydrogens (tertiary/aromatic N) is 2. The average Bonchev–Trinajstić information content (AvgIpc) is 2.34. The Balaban J connectivity index is 2.25. The first-order chi connectivity index (χ1) is 8.19. The highest BCUT2D eigenvalue weighted by molar-refractivity contribution is 5.51. The van der Waals surface area contributed by atoms with Gasteiger partial charge in [0.1, 0.15) is 17.5 Å². The van der Waals surface area contributed by atoms with E-state index in [4.69, 9.17) is 15.7 Å². The Morgan fingerprint density at radius 3 is 2.82 bits per heavy atom. The summed E-state index contributed by atoms with van der Waals surface area (Å²) in [6, 6.07) is 12.4. The van der Waals surface area contributed by atoms with Crippen molar-refractivity contribution < 1.29 is 4.74 Å². The number of nitriles is 1. The minimum atomic E-state index is 0.322. The number of hydrogen-bond donors (Lipinski definition) is 1. The second-order valence-electron chi connectivity index (χ2n) is 3.59. The van der Waals surface area contributed by atoms with Crippen LogP contribution in [-0.2, 0) is 0 Å². The molecule has 1 heterocycles. The smallest absolute Gasteiger partial charge is 0.220 e. The monoisotopic (exact) mass is 225 g/mol. The van der Waals surface area contributed by atoms with Crippen molar-refractivity contribution in [2.24, 2.45) is 0 Å². The molecule has 0 radical (unpaired) electrons. The zero-order valence-corrected chi connectivity index (χ0v) is 9.34. The van der Waals surface area contributed by atoms with E-state index >= 15 is 0 Å². The molecule has 0 spiro atoms. The number of pyridine rings is 1. The molecular weight excluding hydrogens is 214 g/mol. The minimum absolute atomic E-state index is 0.322. The van der Waals surface area contributed by atoms with Crippen LogP contribution in [0.5, 0.6) is 11.6 Å². The predicted octanol–water partition coefficient (Wildman–Crippen LogP) is 2.64. The number of rotatable bonds is 2. The van der Waals surface area contributed by atoms with Gasteiger partial charge in [-0.15, -0.1) is 0 Å². The summed E-state index contributed by atoms with van der Waals surface area (Å²) in [5.41, 5.74) is 7.76. The Morgan fingerprint density at radius 2 is 2.12 bits per heavy atom. The summed E-state index contributed by atoms with van der Waals surface area (Å²) < 4.78 is 5.51. The summed E-state index contributed by atoms with van der Waals surface area (Å²) in [7, 11) is 0. The van der Waals surface area contributed by atoms with E-state index in [0.717, 1.165) is 5.56 Å². The number of aryl methyl sites for hydroxylation is 1. The molecule has 0 unspecified atom stereocenters. The van der Waals surface area contributed by atoms with E-state index < -0.39 is 0 Å². The summed E-state index contributed by atoms with van der Waals surface area (Å²) in [4.78, 5) is 4.01. The molecule has 2 aromatic rings. The van der Waals surface area contributed by atoms with Crippen molar-refractivity contribution in [1.29, 1.82) is 5.26 Å². The van der Waals surface area contributed by atoms with Crippen LogP contribution in [0.15, 0.2) is 36.4 Å². The van der Waals surface area contributed by atoms with E-state index in [1.165, 1.54) is 0 Å². The molecule has 4 nitrogen and oxygen atoms in total. The molecule has 0 saturated carbocycles. The number of nitrogens with two attached hydrogens (primary N) is 1. The third kappa shape index (κ3) is 2.52. The topological polar surface area (TPSA) is 71.9 Å². The van der Waals surface area contributed by atoms with E-state index in [-0.39, 0.29) is 0 Å². The minimum Gasteiger partial charge on any atom is -0.439 e. The van der Waals surface area contributed by atoms with Crippen LogP contribution in [-0.4, -0.2) is 4.98 Å². The molecule has 2 N–H and O–H groups in total. The summed E-state index contributed by atoms with van der Waals surface area (Å²) in [5.74, 6) is 0.989. The lowest BCUT2D eigenvalue weighted by molar-refractivity contribution is 0.462. The predicted molar refractivity (Wildman–Crippen MR) is 64.6 cm³/mol. The first-order valence-corrected chi connectivity index (χ1v) is 5.10. The van der Waals surface area contributed by atoms with Crippen LogP contribution in [0.2, 0.25) is 0 Å². The quantitative estimate of drug-likeness (QED) is 0.797. The Bertz CT molecular complexity index is 587. The average molecular weight is 225 g/mol. The van der Waals surface area contributed by atoms with Gasteiger partial charge in [0.15, 0.2) is 0 Å². The van der Waals surface area contributed by atoms with Crippen LogP contribution >= 0.6 is 0 Å². The number of nitrogen functional groups attached to an aromatic ring is 1. The highest BCUT2D eigenvalue weighted by Gasteiger charge is 2.02. The maximum absolute atomic E-state index is 8.72. The van der Waals surface area contributed by atoms with E-state index in [2.05, 4.69) is 4.98 Å². The van der Waals surface area contributed by atoms with Gasteiger partial charge in [0.05, 0.1) is 0 Å². The van der Waals surface area contributed by atoms with Gasteiger partial charge in [0, 0.05) is 17.8 Å². The highest BCUT2D eigenvalue weighted by Crippen LogP contribution is 2.23. The highest BCUT2D eigenvalue weighted by atomic mass is 16.5. The second-order valence-corrected chi connectivity index (χ2v) is 3.59. The van der Waals surface area contributed by atoms with Gasteiger partial charge in [-0.1, -0.05) is 12.1 Å². The molecule has 17 heavy (non-hydrogen) atoms. The van der Waals surface area contributed by atoms with Gasteiger partial charge in [-0.05, 0) is 24.6 Å². The normalized spacial score (nSPS) is 9.65. The molecule has 0 amide bonds. The van der Waals surface area contributed by atoms with E-state index in [1.807, 2.05) is 25.1 Å². The molecule has 1 aromatic heterocycles. The first kappa shape index (κ1) is 11.0. The maximum Gasteiger partial charge on any atom is 0.220 e. The molecule has 0 fully saturated rings. The van der Waals surface area contributed by atoms with E-state index in [1.54, 1.807) is 24.3 Å². The van der Waals surface area contributed by atoms with Crippen LogP contribution in [0, 0.1) is 18.3 Å². The van der Waals surface area contributed by atoms with Crippen LogP contribution in [0.3, 0.4) is 0 Å². The van der Waals surface area contributed by atoms with E-state index in [9.17, 15) is 0 Å². The van der Waals surface area contributed by atoms with Gasteiger partial charge < -0.3 is 10.5 Å². The summed E-state index contributed by atoms with van der Waals surface area (Å²) in [5, 5.41) is 8.72. The fraction of sp³-hybridized carbons (Fsp3) is 0.0769. The van der Waals surface area contributed by atoms with Gasteiger partial charge in [0.25, 0.3) is 0 Å². The fourth-order valence-electron chi connectivity index (χ4n) is 1.34. The van der Waals surface area contributed by atoms with Crippen molar-refractivity contribution in [2.45, 2.75) is 6.92 Å².